The van der Waals surface area contributed by atoms with Crippen LogP contribution in [0, 0.1) is 6.92 Å². The number of piperidine rings is 1. The lowest BCUT2D eigenvalue weighted by atomic mass is 10.0. The number of hydrogen-bond donors (Lipinski definition) is 2. The quantitative estimate of drug-likeness (QED) is 0.649. The lowest BCUT2D eigenvalue weighted by molar-refractivity contribution is -0.181. The first-order valence-corrected chi connectivity index (χ1v) is 13.6. The average molecular weight is 500 g/mol. The minimum atomic E-state index is -3.54. The maximum atomic E-state index is 13.1. The summed E-state index contributed by atoms with van der Waals surface area (Å²) < 4.78 is 37.1. The number of fused-ring (bicyclic) bond motifs is 1. The molecule has 5 rings (SSSR count). The smallest absolute Gasteiger partial charge is 0.253 e. The molecule has 1 atom stereocenters. The summed E-state index contributed by atoms with van der Waals surface area (Å²) in [6.07, 6.45) is 1.25. The highest BCUT2D eigenvalue weighted by Crippen LogP contribution is 2.33. The van der Waals surface area contributed by atoms with Gasteiger partial charge in [0.25, 0.3) is 5.91 Å². The molecule has 0 aliphatic carbocycles. The summed E-state index contributed by atoms with van der Waals surface area (Å²) in [5.74, 6) is -1.58. The lowest BCUT2D eigenvalue weighted by Gasteiger charge is -2.37. The number of aryl methyl sites for hydroxylation is 1. The third kappa shape index (κ3) is 5.05. The first-order valence-electron chi connectivity index (χ1n) is 11.8. The zero-order valence-corrected chi connectivity index (χ0v) is 20.4. The highest BCUT2D eigenvalue weighted by Gasteiger charge is 2.41. The molecule has 3 aliphatic heterocycles. The summed E-state index contributed by atoms with van der Waals surface area (Å²) in [6.45, 7) is 4.09. The molecule has 2 fully saturated rings. The van der Waals surface area contributed by atoms with Crippen LogP contribution < -0.4 is 10.6 Å². The van der Waals surface area contributed by atoms with E-state index in [0.717, 1.165) is 11.1 Å². The van der Waals surface area contributed by atoms with Crippen molar-refractivity contribution in [3.63, 3.8) is 0 Å². The molecule has 10 heteroatoms. The average Bonchev–Trinajstić information content (AvgIpc) is 3.28. The molecule has 0 bridgehead atoms. The van der Waals surface area contributed by atoms with Crippen LogP contribution in [0.2, 0.25) is 0 Å². The van der Waals surface area contributed by atoms with E-state index in [4.69, 9.17) is 9.47 Å². The molecule has 2 N–H and O–H groups in total. The fourth-order valence-electron chi connectivity index (χ4n) is 4.84. The molecule has 1 spiro atoms. The van der Waals surface area contributed by atoms with E-state index in [1.807, 2.05) is 19.1 Å². The first kappa shape index (κ1) is 23.8. The number of rotatable bonds is 5. The molecule has 0 saturated carbocycles. The highest BCUT2D eigenvalue weighted by molar-refractivity contribution is 7.90. The predicted molar refractivity (Wildman–Crippen MR) is 131 cm³/mol. The number of hydrogen-bond acceptors (Lipinski definition) is 7. The van der Waals surface area contributed by atoms with Gasteiger partial charge in [0.05, 0.1) is 36.1 Å². The Balaban J connectivity index is 1.24. The maximum absolute atomic E-state index is 13.1. The Labute approximate surface area is 204 Å². The van der Waals surface area contributed by atoms with Crippen molar-refractivity contribution in [3.05, 3.63) is 59.2 Å². The highest BCUT2D eigenvalue weighted by atomic mass is 32.2. The number of benzene rings is 2. The number of ether oxygens (including phenoxy) is 2. The van der Waals surface area contributed by atoms with E-state index >= 15 is 0 Å². The summed E-state index contributed by atoms with van der Waals surface area (Å²) >= 11 is 0. The molecule has 3 heterocycles. The van der Waals surface area contributed by atoms with Gasteiger partial charge < -0.3 is 25.0 Å². The topological polar surface area (TPSA) is 114 Å². The molecule has 35 heavy (non-hydrogen) atoms. The Hall–Kier alpha value is -2.95. The Morgan fingerprint density at radius 3 is 2.51 bits per heavy atom. The number of sulfone groups is 1. The fourth-order valence-corrected chi connectivity index (χ4v) is 6.50. The van der Waals surface area contributed by atoms with E-state index in [-0.39, 0.29) is 17.4 Å². The monoisotopic (exact) mass is 499 g/mol. The molecule has 2 saturated heterocycles. The standard InChI is InChI=1S/C25H29N3O6S/c1-17-4-2-3-5-19(17)15-35(31,32)16-22-23(29)27-21-14-18(6-7-20(21)26-22)24(30)28-10-8-25(9-11-28)33-12-13-34-25/h2-7,14,22,26H,8-13,15-16H2,1H3,(H,27,29)/t22-/m0/s1. The van der Waals surface area contributed by atoms with E-state index in [0.29, 0.717) is 56.1 Å². The van der Waals surface area contributed by atoms with Gasteiger partial charge in [-0.2, -0.15) is 0 Å². The van der Waals surface area contributed by atoms with Crippen molar-refractivity contribution in [2.75, 3.05) is 42.7 Å². The summed E-state index contributed by atoms with van der Waals surface area (Å²) in [4.78, 5) is 27.5. The van der Waals surface area contributed by atoms with Gasteiger partial charge in [-0.25, -0.2) is 8.42 Å². The van der Waals surface area contributed by atoms with Crippen molar-refractivity contribution in [2.24, 2.45) is 0 Å². The number of likely N-dealkylation sites (tertiary alicyclic amines) is 1. The molecule has 0 radical (unpaired) electrons. The van der Waals surface area contributed by atoms with E-state index in [1.165, 1.54) is 0 Å². The molecule has 9 nitrogen and oxygen atoms in total. The van der Waals surface area contributed by atoms with Crippen LogP contribution in [0.4, 0.5) is 11.4 Å². The van der Waals surface area contributed by atoms with Crippen molar-refractivity contribution >= 4 is 33.0 Å². The zero-order chi connectivity index (χ0) is 24.6. The number of amides is 2. The number of nitrogens with zero attached hydrogens (tertiary/aromatic N) is 1. The summed E-state index contributed by atoms with van der Waals surface area (Å²) in [7, 11) is -3.54. The van der Waals surface area contributed by atoms with E-state index < -0.39 is 27.6 Å². The van der Waals surface area contributed by atoms with Crippen molar-refractivity contribution in [1.82, 2.24) is 4.90 Å². The van der Waals surface area contributed by atoms with Crippen LogP contribution in [-0.4, -0.2) is 69.0 Å². The maximum Gasteiger partial charge on any atom is 0.253 e. The molecule has 2 aromatic rings. The molecule has 3 aliphatic rings. The molecule has 2 aromatic carbocycles. The molecular weight excluding hydrogens is 470 g/mol. The second kappa shape index (κ2) is 9.25. The predicted octanol–water partition coefficient (Wildman–Crippen LogP) is 2.32. The summed E-state index contributed by atoms with van der Waals surface area (Å²) in [5.41, 5.74) is 3.13. The van der Waals surface area contributed by atoms with Crippen molar-refractivity contribution in [2.45, 2.75) is 37.3 Å². The van der Waals surface area contributed by atoms with Crippen LogP contribution in [0.25, 0.3) is 0 Å². The van der Waals surface area contributed by atoms with Gasteiger partial charge in [-0.1, -0.05) is 24.3 Å². The number of carbonyl (C=O) groups is 2. The Bertz CT molecular complexity index is 1250. The largest absolute Gasteiger partial charge is 0.371 e. The number of anilines is 2. The van der Waals surface area contributed by atoms with Crippen LogP contribution in [0.15, 0.2) is 42.5 Å². The molecule has 0 unspecified atom stereocenters. The van der Waals surface area contributed by atoms with Gasteiger partial charge in [0.2, 0.25) is 5.91 Å². The van der Waals surface area contributed by atoms with Crippen LogP contribution in [0.3, 0.4) is 0 Å². The number of carbonyl (C=O) groups excluding carboxylic acids is 2. The summed E-state index contributed by atoms with van der Waals surface area (Å²) in [6, 6.07) is 11.4. The van der Waals surface area contributed by atoms with Gasteiger partial charge in [-0.3, -0.25) is 9.59 Å². The Kier molecular flexibility index (Phi) is 6.29. The van der Waals surface area contributed by atoms with E-state index in [2.05, 4.69) is 10.6 Å². The van der Waals surface area contributed by atoms with Crippen molar-refractivity contribution in [1.29, 1.82) is 0 Å². The minimum absolute atomic E-state index is 0.126. The Morgan fingerprint density at radius 1 is 1.09 bits per heavy atom. The van der Waals surface area contributed by atoms with Crippen molar-refractivity contribution in [3.8, 4) is 0 Å². The second-order valence-electron chi connectivity index (χ2n) is 9.33. The van der Waals surface area contributed by atoms with Crippen LogP contribution in [-0.2, 0) is 29.9 Å². The van der Waals surface area contributed by atoms with Gasteiger partial charge in [0.1, 0.15) is 6.04 Å². The Morgan fingerprint density at radius 2 is 1.80 bits per heavy atom. The van der Waals surface area contributed by atoms with Gasteiger partial charge in [-0.15, -0.1) is 0 Å². The van der Waals surface area contributed by atoms with Gasteiger partial charge in [0, 0.05) is 31.5 Å². The van der Waals surface area contributed by atoms with Crippen molar-refractivity contribution < 1.29 is 27.5 Å². The normalized spacial score (nSPS) is 21.3. The van der Waals surface area contributed by atoms with Gasteiger partial charge >= 0.3 is 0 Å². The minimum Gasteiger partial charge on any atom is -0.371 e. The van der Waals surface area contributed by atoms with Crippen LogP contribution >= 0.6 is 0 Å². The first-order chi connectivity index (χ1) is 16.7. The van der Waals surface area contributed by atoms with E-state index in [9.17, 15) is 18.0 Å². The molecule has 0 aromatic heterocycles. The van der Waals surface area contributed by atoms with Gasteiger partial charge in [0.15, 0.2) is 15.6 Å². The third-order valence-corrected chi connectivity index (χ3v) is 8.45. The van der Waals surface area contributed by atoms with Crippen LogP contribution in [0.5, 0.6) is 0 Å². The molecular formula is C25H29N3O6S. The fraction of sp³-hybridized carbons (Fsp3) is 0.440. The van der Waals surface area contributed by atoms with Crippen LogP contribution in [0.1, 0.15) is 34.3 Å². The number of nitrogens with one attached hydrogen (secondary N) is 2. The SMILES string of the molecule is Cc1ccccc1CS(=O)(=O)C[C@@H]1Nc2ccc(C(=O)N3CCC4(CC3)OCCO4)cc2NC1=O. The second-order valence-corrected chi connectivity index (χ2v) is 11.4. The lowest BCUT2D eigenvalue weighted by Crippen LogP contribution is -2.47. The zero-order valence-electron chi connectivity index (χ0n) is 19.6. The summed E-state index contributed by atoms with van der Waals surface area (Å²) in [5, 5.41) is 5.80. The molecule has 186 valence electrons. The molecule has 2 amide bonds. The van der Waals surface area contributed by atoms with Gasteiger partial charge in [-0.05, 0) is 36.2 Å². The van der Waals surface area contributed by atoms with E-state index in [1.54, 1.807) is 35.2 Å². The third-order valence-electron chi connectivity index (χ3n) is 6.85.